The summed E-state index contributed by atoms with van der Waals surface area (Å²) in [6.45, 7) is 1.84. The molecule has 0 fully saturated rings. The number of nitrogens with one attached hydrogen (secondary N) is 1. The molecular weight excluding hydrogens is 346 g/mol. The van der Waals surface area contributed by atoms with Crippen molar-refractivity contribution < 1.29 is 23.8 Å². The largest absolute Gasteiger partial charge is 0.458 e. The van der Waals surface area contributed by atoms with Crippen LogP contribution in [-0.2, 0) is 10.4 Å². The van der Waals surface area contributed by atoms with Crippen LogP contribution in [0.1, 0.15) is 18.2 Å². The summed E-state index contributed by atoms with van der Waals surface area (Å²) in [6.07, 6.45) is 3.08. The number of fused-ring (bicyclic) bond motifs is 2. The first-order valence-corrected chi connectivity index (χ1v) is 8.58. The summed E-state index contributed by atoms with van der Waals surface area (Å²) < 4.78 is 16.3. The Morgan fingerprint density at radius 1 is 1.19 bits per heavy atom. The molecule has 1 aromatic heterocycles. The molecule has 1 aliphatic rings. The molecule has 0 aliphatic carbocycles. The van der Waals surface area contributed by atoms with Gasteiger partial charge in [0.15, 0.2) is 11.5 Å². The van der Waals surface area contributed by atoms with Crippen LogP contribution in [0, 0.1) is 0 Å². The predicted molar refractivity (Wildman–Crippen MR) is 100 cm³/mol. The van der Waals surface area contributed by atoms with E-state index in [2.05, 4.69) is 5.32 Å². The summed E-state index contributed by atoms with van der Waals surface area (Å²) >= 11 is 0. The van der Waals surface area contributed by atoms with Crippen molar-refractivity contribution in [2.45, 2.75) is 12.5 Å². The molecule has 1 unspecified atom stereocenters. The Kier molecular flexibility index (Phi) is 4.33. The maximum Gasteiger partial charge on any atom is 0.244 e. The van der Waals surface area contributed by atoms with E-state index in [0.29, 0.717) is 22.8 Å². The zero-order valence-electron chi connectivity index (χ0n) is 14.8. The molecule has 0 spiro atoms. The fraction of sp³-hybridized carbons (Fsp3) is 0.190. The number of aliphatic hydroxyl groups is 1. The van der Waals surface area contributed by atoms with Crippen LogP contribution in [0.15, 0.2) is 59.0 Å². The lowest BCUT2D eigenvalue weighted by molar-refractivity contribution is -0.117. The second-order valence-electron chi connectivity index (χ2n) is 6.59. The van der Waals surface area contributed by atoms with Crippen LogP contribution in [0.25, 0.3) is 17.0 Å². The minimum absolute atomic E-state index is 0.0249. The number of amides is 1. The van der Waals surface area contributed by atoms with E-state index in [0.717, 1.165) is 10.9 Å². The lowest BCUT2D eigenvalue weighted by atomic mass is 10.0. The van der Waals surface area contributed by atoms with Crippen LogP contribution >= 0.6 is 0 Å². The van der Waals surface area contributed by atoms with E-state index < -0.39 is 5.60 Å². The van der Waals surface area contributed by atoms with Crippen molar-refractivity contribution in [3.05, 3.63) is 65.9 Å². The quantitative estimate of drug-likeness (QED) is 0.679. The molecule has 6 nitrogen and oxygen atoms in total. The van der Waals surface area contributed by atoms with Gasteiger partial charge in [0.25, 0.3) is 0 Å². The Morgan fingerprint density at radius 2 is 2.00 bits per heavy atom. The molecule has 1 amide bonds. The second kappa shape index (κ2) is 6.81. The van der Waals surface area contributed by atoms with Crippen LogP contribution in [-0.4, -0.2) is 24.4 Å². The highest BCUT2D eigenvalue weighted by atomic mass is 16.7. The Balaban J connectivity index is 1.39. The van der Waals surface area contributed by atoms with E-state index in [-0.39, 0.29) is 19.2 Å². The van der Waals surface area contributed by atoms with Gasteiger partial charge in [0.05, 0.1) is 6.54 Å². The zero-order chi connectivity index (χ0) is 18.9. The average molecular weight is 365 g/mol. The van der Waals surface area contributed by atoms with E-state index in [4.69, 9.17) is 13.9 Å². The van der Waals surface area contributed by atoms with Crippen molar-refractivity contribution in [1.29, 1.82) is 0 Å². The molecule has 1 aliphatic heterocycles. The normalized spacial score (nSPS) is 15.2. The molecule has 0 radical (unpaired) electrons. The SMILES string of the molecule is CC(O)(CNC(=O)/C=C/c1ccc2c(c1)OCO2)c1cc2ccccc2o1. The van der Waals surface area contributed by atoms with Crippen LogP contribution in [0.2, 0.25) is 0 Å². The number of hydrogen-bond donors (Lipinski definition) is 2. The Labute approximate surface area is 156 Å². The molecule has 2 aromatic carbocycles. The highest BCUT2D eigenvalue weighted by molar-refractivity contribution is 5.91. The highest BCUT2D eigenvalue weighted by Crippen LogP contribution is 2.32. The third kappa shape index (κ3) is 3.66. The molecular formula is C21H19NO5. The van der Waals surface area contributed by atoms with Crippen LogP contribution in [0.5, 0.6) is 11.5 Å². The van der Waals surface area contributed by atoms with Crippen molar-refractivity contribution in [2.24, 2.45) is 0 Å². The molecule has 27 heavy (non-hydrogen) atoms. The van der Waals surface area contributed by atoms with Gasteiger partial charge in [0.1, 0.15) is 16.9 Å². The second-order valence-corrected chi connectivity index (χ2v) is 6.59. The van der Waals surface area contributed by atoms with Gasteiger partial charge in [-0.3, -0.25) is 4.79 Å². The number of carbonyl (C=O) groups excluding carboxylic acids is 1. The van der Waals surface area contributed by atoms with Crippen LogP contribution < -0.4 is 14.8 Å². The van der Waals surface area contributed by atoms with Crippen molar-refractivity contribution >= 4 is 23.0 Å². The van der Waals surface area contributed by atoms with Gasteiger partial charge in [0.2, 0.25) is 12.7 Å². The standard InChI is InChI=1S/C21H19NO5/c1-21(24,19-11-15-4-2-3-5-16(15)27-19)12-22-20(23)9-7-14-6-8-17-18(10-14)26-13-25-17/h2-11,24H,12-13H2,1H3,(H,22,23)/b9-7+. The number of hydrogen-bond acceptors (Lipinski definition) is 5. The van der Waals surface area contributed by atoms with E-state index in [1.54, 1.807) is 31.2 Å². The summed E-state index contributed by atoms with van der Waals surface area (Å²) in [6, 6.07) is 14.7. The van der Waals surface area contributed by atoms with Crippen molar-refractivity contribution in [3.8, 4) is 11.5 Å². The molecule has 2 heterocycles. The number of ether oxygens (including phenoxy) is 2. The molecule has 0 saturated heterocycles. The van der Waals surface area contributed by atoms with Gasteiger partial charge in [-0.15, -0.1) is 0 Å². The summed E-state index contributed by atoms with van der Waals surface area (Å²) in [5, 5.41) is 14.3. The minimum atomic E-state index is -1.32. The molecule has 4 rings (SSSR count). The Hall–Kier alpha value is -3.25. The van der Waals surface area contributed by atoms with Crippen molar-refractivity contribution in [1.82, 2.24) is 5.32 Å². The zero-order valence-corrected chi connectivity index (χ0v) is 14.8. The molecule has 0 bridgehead atoms. The Bertz CT molecular complexity index is 985. The number of rotatable bonds is 5. The number of carbonyl (C=O) groups is 1. The third-order valence-electron chi connectivity index (χ3n) is 4.39. The van der Waals surface area contributed by atoms with Crippen molar-refractivity contribution in [2.75, 3.05) is 13.3 Å². The third-order valence-corrected chi connectivity index (χ3v) is 4.39. The summed E-state index contributed by atoms with van der Waals surface area (Å²) in [4.78, 5) is 12.1. The average Bonchev–Trinajstić information content (AvgIpc) is 3.31. The smallest absolute Gasteiger partial charge is 0.244 e. The first-order valence-electron chi connectivity index (χ1n) is 8.58. The van der Waals surface area contributed by atoms with Gasteiger partial charge >= 0.3 is 0 Å². The van der Waals surface area contributed by atoms with Gasteiger partial charge in [-0.05, 0) is 42.8 Å². The minimum Gasteiger partial charge on any atom is -0.458 e. The van der Waals surface area contributed by atoms with E-state index in [1.807, 2.05) is 30.3 Å². The predicted octanol–water partition coefficient (Wildman–Crippen LogP) is 3.20. The van der Waals surface area contributed by atoms with Crippen LogP contribution in [0.4, 0.5) is 0 Å². The van der Waals surface area contributed by atoms with E-state index >= 15 is 0 Å². The Morgan fingerprint density at radius 3 is 2.85 bits per heavy atom. The topological polar surface area (TPSA) is 80.9 Å². The maximum atomic E-state index is 12.1. The van der Waals surface area contributed by atoms with Gasteiger partial charge in [0, 0.05) is 11.5 Å². The summed E-state index contributed by atoms with van der Waals surface area (Å²) in [7, 11) is 0. The van der Waals surface area contributed by atoms with Crippen molar-refractivity contribution in [3.63, 3.8) is 0 Å². The lowest BCUT2D eigenvalue weighted by Gasteiger charge is -2.20. The first kappa shape index (κ1) is 17.2. The van der Waals surface area contributed by atoms with Gasteiger partial charge < -0.3 is 24.3 Å². The lowest BCUT2D eigenvalue weighted by Crippen LogP contribution is -2.37. The molecule has 3 aromatic rings. The van der Waals surface area contributed by atoms with Gasteiger partial charge in [-0.1, -0.05) is 24.3 Å². The molecule has 6 heteroatoms. The van der Waals surface area contributed by atoms with Crippen LogP contribution in [0.3, 0.4) is 0 Å². The number of furan rings is 1. The molecule has 0 saturated carbocycles. The van der Waals surface area contributed by atoms with E-state index in [9.17, 15) is 9.90 Å². The van der Waals surface area contributed by atoms with Gasteiger partial charge in [-0.2, -0.15) is 0 Å². The fourth-order valence-corrected chi connectivity index (χ4v) is 2.84. The molecule has 138 valence electrons. The maximum absolute atomic E-state index is 12.1. The fourth-order valence-electron chi connectivity index (χ4n) is 2.84. The number of para-hydroxylation sites is 1. The first-order chi connectivity index (χ1) is 13.0. The summed E-state index contributed by atoms with van der Waals surface area (Å²) in [5.74, 6) is 1.44. The molecule has 2 N–H and O–H groups in total. The highest BCUT2D eigenvalue weighted by Gasteiger charge is 2.27. The van der Waals surface area contributed by atoms with E-state index in [1.165, 1.54) is 6.08 Å². The van der Waals surface area contributed by atoms with Gasteiger partial charge in [-0.25, -0.2) is 0 Å². The monoisotopic (exact) mass is 365 g/mol. The molecule has 1 atom stereocenters. The summed E-state index contributed by atoms with van der Waals surface area (Å²) in [5.41, 5.74) is 0.196. The number of benzene rings is 2.